The molecule has 0 amide bonds. The number of nitrogens with one attached hydrogen (secondary N) is 1. The highest BCUT2D eigenvalue weighted by molar-refractivity contribution is 5.75. The van der Waals surface area contributed by atoms with Gasteiger partial charge in [0.05, 0.1) is 25.9 Å². The normalized spacial score (nSPS) is 10.4. The Hall–Kier alpha value is -4.92. The van der Waals surface area contributed by atoms with Crippen LogP contribution < -0.4 is 5.43 Å². The first-order valence-electron chi connectivity index (χ1n) is 9.85. The number of hydrogen-bond acceptors (Lipinski definition) is 5. The van der Waals surface area contributed by atoms with Gasteiger partial charge in [0.1, 0.15) is 5.69 Å². The average Bonchev–Trinajstić information content (AvgIpc) is 2.84. The van der Waals surface area contributed by atoms with Crippen LogP contribution in [-0.2, 0) is 0 Å². The van der Waals surface area contributed by atoms with E-state index in [0.717, 1.165) is 0 Å². The summed E-state index contributed by atoms with van der Waals surface area (Å²) in [6, 6.07) is 25.9. The molecule has 9 heteroatoms. The van der Waals surface area contributed by atoms with Gasteiger partial charge in [0.15, 0.2) is 4.87 Å². The van der Waals surface area contributed by atoms with E-state index in [0.29, 0.717) is 38.5 Å². The number of hydrogen-bond donors (Lipinski definition) is 1. The lowest BCUT2D eigenvalue weighted by atomic mass is 10.0. The Balaban J connectivity index is 1.50. The topological polar surface area (TPSA) is 118 Å². The molecule has 162 valence electrons. The molecule has 4 aromatic rings. The minimum Gasteiger partial charge on any atom is -0.258 e. The van der Waals surface area contributed by atoms with E-state index >= 15 is 0 Å². The molecule has 0 saturated carbocycles. The number of nitro benzene ring substituents is 2. The molecule has 4 rings (SSSR count). The van der Waals surface area contributed by atoms with Crippen molar-refractivity contribution in [3.05, 3.63) is 122 Å². The molecule has 0 aliphatic heterocycles. The summed E-state index contributed by atoms with van der Waals surface area (Å²) in [6.07, 6.45) is 0. The summed E-state index contributed by atoms with van der Waals surface area (Å²) in [7, 11) is 0. The molecule has 0 unspecified atom stereocenters. The zero-order chi connectivity index (χ0) is 23.4. The standard InChI is InChI=1S/C24H17N4O5/c29-26(20-15-11-18(12-16-20)22-6-2-4-8-24(22)28(32)33)25-19-13-9-17(10-14-19)21-5-1-3-7-23(21)27(30)31/h1-16H,(H,25,29)/q+1. The van der Waals surface area contributed by atoms with Crippen molar-refractivity contribution in [1.29, 1.82) is 0 Å². The molecule has 0 atom stereocenters. The van der Waals surface area contributed by atoms with Crippen LogP contribution in [0.15, 0.2) is 97.1 Å². The van der Waals surface area contributed by atoms with Crippen molar-refractivity contribution in [2.24, 2.45) is 0 Å². The summed E-state index contributed by atoms with van der Waals surface area (Å²) < 4.78 is 0. The highest BCUT2D eigenvalue weighted by Crippen LogP contribution is 2.32. The number of hydrazine groups is 1. The zero-order valence-electron chi connectivity index (χ0n) is 17.1. The highest BCUT2D eigenvalue weighted by atomic mass is 16.6. The Labute approximate surface area is 187 Å². The van der Waals surface area contributed by atoms with Crippen molar-refractivity contribution in [2.75, 3.05) is 5.43 Å². The Bertz CT molecular complexity index is 1350. The van der Waals surface area contributed by atoms with E-state index in [1.807, 2.05) is 0 Å². The summed E-state index contributed by atoms with van der Waals surface area (Å²) in [5.74, 6) is 0. The lowest BCUT2D eigenvalue weighted by Gasteiger charge is -2.04. The van der Waals surface area contributed by atoms with E-state index in [-0.39, 0.29) is 11.4 Å². The Morgan fingerprint density at radius 2 is 0.970 bits per heavy atom. The van der Waals surface area contributed by atoms with Crippen LogP contribution in [0.1, 0.15) is 0 Å². The average molecular weight is 441 g/mol. The minimum atomic E-state index is -0.446. The number of para-hydroxylation sites is 2. The van der Waals surface area contributed by atoms with Crippen molar-refractivity contribution >= 4 is 22.7 Å². The van der Waals surface area contributed by atoms with Crippen molar-refractivity contribution in [1.82, 2.24) is 0 Å². The molecule has 0 radical (unpaired) electrons. The molecular weight excluding hydrogens is 424 g/mol. The van der Waals surface area contributed by atoms with Gasteiger partial charge < -0.3 is 0 Å². The van der Waals surface area contributed by atoms with Gasteiger partial charge in [-0.15, -0.1) is 5.43 Å². The summed E-state index contributed by atoms with van der Waals surface area (Å²) in [5.41, 5.74) is 5.71. The van der Waals surface area contributed by atoms with Gasteiger partial charge in [0.2, 0.25) is 0 Å². The quantitative estimate of drug-likeness (QED) is 0.205. The zero-order valence-corrected chi connectivity index (χ0v) is 17.1. The summed E-state index contributed by atoms with van der Waals surface area (Å²) >= 11 is 0. The fourth-order valence-corrected chi connectivity index (χ4v) is 3.44. The van der Waals surface area contributed by atoms with Crippen LogP contribution in [0.5, 0.6) is 0 Å². The molecule has 0 saturated heterocycles. The van der Waals surface area contributed by atoms with Gasteiger partial charge in [-0.25, -0.2) is 0 Å². The molecule has 33 heavy (non-hydrogen) atoms. The summed E-state index contributed by atoms with van der Waals surface area (Å²) in [4.78, 5) is 34.7. The molecule has 0 aliphatic carbocycles. The van der Waals surface area contributed by atoms with Gasteiger partial charge in [-0.2, -0.15) is 0 Å². The predicted octanol–water partition coefficient (Wildman–Crippen LogP) is 6.27. The van der Waals surface area contributed by atoms with Gasteiger partial charge in [0, 0.05) is 24.3 Å². The third kappa shape index (κ3) is 4.57. The first kappa shape index (κ1) is 21.3. The van der Waals surface area contributed by atoms with E-state index in [9.17, 15) is 25.1 Å². The second kappa shape index (κ2) is 9.06. The number of benzene rings is 4. The Morgan fingerprint density at radius 3 is 1.42 bits per heavy atom. The van der Waals surface area contributed by atoms with Crippen molar-refractivity contribution < 1.29 is 14.7 Å². The second-order valence-corrected chi connectivity index (χ2v) is 7.08. The molecular formula is C24H17N4O5+. The van der Waals surface area contributed by atoms with E-state index in [4.69, 9.17) is 0 Å². The fraction of sp³-hybridized carbons (Fsp3) is 0. The molecule has 9 nitrogen and oxygen atoms in total. The number of rotatable bonds is 7. The van der Waals surface area contributed by atoms with Gasteiger partial charge in [-0.3, -0.25) is 20.2 Å². The molecule has 1 N–H and O–H groups in total. The maximum atomic E-state index is 12.5. The largest absolute Gasteiger partial charge is 0.292 e. The maximum Gasteiger partial charge on any atom is 0.292 e. The number of nitrogens with zero attached hydrogens (tertiary/aromatic N) is 3. The van der Waals surface area contributed by atoms with Crippen molar-refractivity contribution in [3.8, 4) is 22.3 Å². The van der Waals surface area contributed by atoms with Gasteiger partial charge in [-0.05, 0) is 47.5 Å². The van der Waals surface area contributed by atoms with Crippen molar-refractivity contribution in [3.63, 3.8) is 0 Å². The van der Waals surface area contributed by atoms with Crippen LogP contribution in [0.3, 0.4) is 0 Å². The van der Waals surface area contributed by atoms with Crippen molar-refractivity contribution in [2.45, 2.75) is 0 Å². The SMILES string of the molecule is O=[N+]([O-])c1ccccc1-c1ccc(N[N+](=O)c2ccc(-c3ccccc3[N+](=O)[O-])cc2)cc1. The molecule has 0 bridgehead atoms. The van der Waals surface area contributed by atoms with E-state index < -0.39 is 9.85 Å². The highest BCUT2D eigenvalue weighted by Gasteiger charge is 2.18. The lowest BCUT2D eigenvalue weighted by Crippen LogP contribution is -2.10. The third-order valence-electron chi connectivity index (χ3n) is 5.04. The van der Waals surface area contributed by atoms with Crippen LogP contribution in [0.25, 0.3) is 22.3 Å². The molecule has 0 aliphatic rings. The molecule has 4 aromatic carbocycles. The van der Waals surface area contributed by atoms with Crippen LogP contribution in [0.4, 0.5) is 22.7 Å². The van der Waals surface area contributed by atoms with E-state index in [1.54, 1.807) is 84.9 Å². The molecule has 0 heterocycles. The smallest absolute Gasteiger partial charge is 0.258 e. The summed E-state index contributed by atoms with van der Waals surface area (Å²) in [5, 5.41) is 22.5. The Kier molecular flexibility index (Phi) is 5.85. The van der Waals surface area contributed by atoms with Gasteiger partial charge >= 0.3 is 0 Å². The van der Waals surface area contributed by atoms with Gasteiger partial charge in [-0.1, -0.05) is 36.4 Å². The number of anilines is 1. The molecule has 0 spiro atoms. The van der Waals surface area contributed by atoms with Gasteiger partial charge in [0.25, 0.3) is 17.1 Å². The monoisotopic (exact) mass is 441 g/mol. The van der Waals surface area contributed by atoms with E-state index in [1.165, 1.54) is 12.1 Å². The second-order valence-electron chi connectivity index (χ2n) is 7.08. The Morgan fingerprint density at radius 1 is 0.545 bits per heavy atom. The fourth-order valence-electron chi connectivity index (χ4n) is 3.44. The number of nitroso groups, excluding NO2 is 1. The predicted molar refractivity (Wildman–Crippen MR) is 124 cm³/mol. The number of nitro groups is 2. The maximum absolute atomic E-state index is 12.5. The van der Waals surface area contributed by atoms with Crippen LogP contribution in [-0.4, -0.2) is 14.7 Å². The first-order chi connectivity index (χ1) is 15.9. The van der Waals surface area contributed by atoms with Crippen LogP contribution in [0, 0.1) is 25.1 Å². The van der Waals surface area contributed by atoms with Crippen LogP contribution >= 0.6 is 0 Å². The summed E-state index contributed by atoms with van der Waals surface area (Å²) in [6.45, 7) is 0. The molecule has 0 fully saturated rings. The molecule has 0 aromatic heterocycles. The van der Waals surface area contributed by atoms with E-state index in [2.05, 4.69) is 5.43 Å². The minimum absolute atomic E-state index is 0.00223. The lowest BCUT2D eigenvalue weighted by molar-refractivity contribution is -0.427. The van der Waals surface area contributed by atoms with Crippen LogP contribution in [0.2, 0.25) is 0 Å². The first-order valence-corrected chi connectivity index (χ1v) is 9.85. The third-order valence-corrected chi connectivity index (χ3v) is 5.04.